The molecule has 1 saturated heterocycles. The molecule has 2 saturated carbocycles. The quantitative estimate of drug-likeness (QED) is 0.208. The summed E-state index contributed by atoms with van der Waals surface area (Å²) in [5.74, 6) is 0.125. The first-order chi connectivity index (χ1) is 24.4. The van der Waals surface area contributed by atoms with Crippen molar-refractivity contribution < 1.29 is 19.1 Å². The Morgan fingerprint density at radius 3 is 2.58 bits per heavy atom. The molecule has 2 aromatic heterocycles. The minimum atomic E-state index is -0.197. The van der Waals surface area contributed by atoms with Crippen molar-refractivity contribution in [3.63, 3.8) is 0 Å². The van der Waals surface area contributed by atoms with Crippen LogP contribution in [0.1, 0.15) is 90.6 Å². The molecule has 1 atom stereocenters. The molecule has 0 bridgehead atoms. The predicted molar refractivity (Wildman–Crippen MR) is 196 cm³/mol. The van der Waals surface area contributed by atoms with Gasteiger partial charge in [-0.2, -0.15) is 0 Å². The molecular weight excluding hydrogens is 645 g/mol. The number of anilines is 2. The summed E-state index contributed by atoms with van der Waals surface area (Å²) in [5.41, 5.74) is 9.40. The van der Waals surface area contributed by atoms with Gasteiger partial charge in [0, 0.05) is 54.0 Å². The summed E-state index contributed by atoms with van der Waals surface area (Å²) in [7, 11) is 0. The summed E-state index contributed by atoms with van der Waals surface area (Å²) in [4.78, 5) is 48.7. The number of hydrogen-bond acceptors (Lipinski definition) is 6. The average molecular weight is 683 g/mol. The Balaban J connectivity index is 0.898. The molecule has 4 aromatic rings. The fraction of sp³-hybridized carbons (Fsp3) is 0.317. The lowest BCUT2D eigenvalue weighted by molar-refractivity contribution is -0.0119. The number of thiophene rings is 1. The number of ether oxygens (including phenoxy) is 1. The van der Waals surface area contributed by atoms with Crippen LogP contribution in [-0.4, -0.2) is 48.5 Å². The highest BCUT2D eigenvalue weighted by Gasteiger charge is 2.63. The van der Waals surface area contributed by atoms with Crippen molar-refractivity contribution in [2.24, 2.45) is 11.3 Å². The lowest BCUT2D eigenvalue weighted by atomic mass is 9.62. The van der Waals surface area contributed by atoms with Crippen molar-refractivity contribution in [1.29, 1.82) is 0 Å². The SMILES string of the molecule is Cc1cnc(C2=C3CC4(CCOCC4)C32)c(C(=O)Nc2ccc(C(=O)N3CCC(c4ccc(C(=O)NC5CC5)s4)=Cc4ccccc43)cc2)c1. The van der Waals surface area contributed by atoms with E-state index in [9.17, 15) is 14.4 Å². The lowest BCUT2D eigenvalue weighted by Crippen LogP contribution is -2.38. The summed E-state index contributed by atoms with van der Waals surface area (Å²) in [6.45, 7) is 4.07. The number of aryl methyl sites for hydroxylation is 1. The van der Waals surface area contributed by atoms with Gasteiger partial charge in [-0.25, -0.2) is 0 Å². The van der Waals surface area contributed by atoms with Gasteiger partial charge in [-0.3, -0.25) is 19.4 Å². The largest absolute Gasteiger partial charge is 0.381 e. The number of para-hydroxylation sites is 1. The van der Waals surface area contributed by atoms with Gasteiger partial charge in [0.1, 0.15) is 0 Å². The molecule has 252 valence electrons. The summed E-state index contributed by atoms with van der Waals surface area (Å²) in [6, 6.07) is 21.2. The van der Waals surface area contributed by atoms with Crippen LogP contribution in [0.15, 0.2) is 78.5 Å². The van der Waals surface area contributed by atoms with Crippen LogP contribution in [0.3, 0.4) is 0 Å². The topological polar surface area (TPSA) is 101 Å². The predicted octanol–water partition coefficient (Wildman–Crippen LogP) is 7.77. The number of benzene rings is 2. The van der Waals surface area contributed by atoms with Gasteiger partial charge in [-0.15, -0.1) is 11.3 Å². The summed E-state index contributed by atoms with van der Waals surface area (Å²) in [5, 5.41) is 6.14. The third-order valence-corrected chi connectivity index (χ3v) is 12.1. The second kappa shape index (κ2) is 12.2. The number of aromatic nitrogens is 1. The van der Waals surface area contributed by atoms with E-state index in [4.69, 9.17) is 9.72 Å². The number of amides is 3. The molecule has 3 aliphatic carbocycles. The van der Waals surface area contributed by atoms with Crippen LogP contribution in [-0.2, 0) is 4.74 Å². The Bertz CT molecular complexity index is 2120. The van der Waals surface area contributed by atoms with E-state index in [1.54, 1.807) is 24.3 Å². The van der Waals surface area contributed by atoms with Crippen molar-refractivity contribution in [2.75, 3.05) is 30.0 Å². The normalized spacial score (nSPS) is 20.2. The van der Waals surface area contributed by atoms with E-state index in [0.717, 1.165) is 78.3 Å². The maximum Gasteiger partial charge on any atom is 0.261 e. The van der Waals surface area contributed by atoms with E-state index in [2.05, 4.69) is 16.7 Å². The zero-order valence-electron chi connectivity index (χ0n) is 28.0. The number of allylic oxidation sites excluding steroid dienone is 2. The Morgan fingerprint density at radius 2 is 1.78 bits per heavy atom. The van der Waals surface area contributed by atoms with Crippen LogP contribution < -0.4 is 15.5 Å². The van der Waals surface area contributed by atoms with Crippen molar-refractivity contribution in [3.8, 4) is 0 Å². The second-order valence-corrected chi connectivity index (χ2v) is 15.4. The molecule has 9 heteroatoms. The third kappa shape index (κ3) is 5.58. The molecule has 1 spiro atoms. The van der Waals surface area contributed by atoms with E-state index in [1.807, 2.05) is 60.5 Å². The number of hydrogen-bond donors (Lipinski definition) is 2. The molecular formula is C41H38N4O4S. The molecule has 50 heavy (non-hydrogen) atoms. The minimum absolute atomic E-state index is 0.0120. The summed E-state index contributed by atoms with van der Waals surface area (Å²) >= 11 is 1.50. The van der Waals surface area contributed by atoms with Crippen molar-refractivity contribution in [2.45, 2.75) is 51.5 Å². The first kappa shape index (κ1) is 31.1. The van der Waals surface area contributed by atoms with Crippen LogP contribution >= 0.6 is 11.3 Å². The van der Waals surface area contributed by atoms with Gasteiger partial charge in [0.2, 0.25) is 0 Å². The van der Waals surface area contributed by atoms with Gasteiger partial charge in [0.25, 0.3) is 17.7 Å². The molecule has 4 heterocycles. The van der Waals surface area contributed by atoms with Crippen LogP contribution in [0, 0.1) is 18.3 Å². The van der Waals surface area contributed by atoms with Crippen molar-refractivity contribution in [3.05, 3.63) is 116 Å². The molecule has 9 rings (SSSR count). The fourth-order valence-electron chi connectivity index (χ4n) is 8.02. The van der Waals surface area contributed by atoms with Crippen LogP contribution in [0.25, 0.3) is 17.2 Å². The molecule has 2 N–H and O–H groups in total. The first-order valence-electron chi connectivity index (χ1n) is 17.6. The Hall–Kier alpha value is -4.86. The number of fused-ring (bicyclic) bond motifs is 3. The maximum atomic E-state index is 14.0. The zero-order valence-corrected chi connectivity index (χ0v) is 28.8. The monoisotopic (exact) mass is 682 g/mol. The highest BCUT2D eigenvalue weighted by molar-refractivity contribution is 7.15. The maximum absolute atomic E-state index is 14.0. The lowest BCUT2D eigenvalue weighted by Gasteiger charge is -2.44. The smallest absolute Gasteiger partial charge is 0.261 e. The zero-order chi connectivity index (χ0) is 34.0. The number of pyridine rings is 1. The fourth-order valence-corrected chi connectivity index (χ4v) is 8.97. The van der Waals surface area contributed by atoms with Crippen molar-refractivity contribution in [1.82, 2.24) is 10.3 Å². The minimum Gasteiger partial charge on any atom is -0.381 e. The van der Waals surface area contributed by atoms with Crippen LogP contribution in [0.2, 0.25) is 0 Å². The van der Waals surface area contributed by atoms with E-state index >= 15 is 0 Å². The number of nitrogens with zero attached hydrogens (tertiary/aromatic N) is 2. The molecule has 2 aromatic carbocycles. The first-order valence-corrected chi connectivity index (χ1v) is 18.4. The van der Waals surface area contributed by atoms with Crippen molar-refractivity contribution >= 4 is 57.7 Å². The van der Waals surface area contributed by atoms with E-state index in [-0.39, 0.29) is 23.1 Å². The third-order valence-electron chi connectivity index (χ3n) is 10.9. The number of nitrogens with one attached hydrogen (secondary N) is 2. The van der Waals surface area contributed by atoms with Gasteiger partial charge < -0.3 is 20.3 Å². The molecule has 0 radical (unpaired) electrons. The standard InChI is InChI=1S/C41H38N4O4S/c1-24-20-30(37(42-23-24)35-31-22-41(36(31)35)15-18-49-19-16-41)38(46)43-28-8-6-25(7-9-28)40(48)45-17-14-27(21-26-4-2-3-5-32(26)45)33-12-13-34(50-33)39(47)44-29-10-11-29/h2-9,12-13,20-21,23,29,36H,10-11,14-19,22H2,1H3,(H,43,46)(H,44,47). The summed E-state index contributed by atoms with van der Waals surface area (Å²) in [6.07, 6.45) is 9.97. The number of rotatable bonds is 7. The van der Waals surface area contributed by atoms with Gasteiger partial charge in [0.15, 0.2) is 0 Å². The molecule has 3 amide bonds. The Labute approximate surface area is 295 Å². The molecule has 3 fully saturated rings. The molecule has 1 unspecified atom stereocenters. The molecule has 2 aliphatic heterocycles. The van der Waals surface area contributed by atoms with E-state index in [1.165, 1.54) is 22.5 Å². The van der Waals surface area contributed by atoms with E-state index in [0.29, 0.717) is 46.6 Å². The molecule has 8 nitrogen and oxygen atoms in total. The highest BCUT2D eigenvalue weighted by atomic mass is 32.1. The van der Waals surface area contributed by atoms with Crippen LogP contribution in [0.5, 0.6) is 0 Å². The highest BCUT2D eigenvalue weighted by Crippen LogP contribution is 2.73. The average Bonchev–Trinajstić information content (AvgIpc) is 4.02. The van der Waals surface area contributed by atoms with E-state index < -0.39 is 0 Å². The number of carbonyl (C=O) groups is 3. The Kier molecular flexibility index (Phi) is 7.58. The van der Waals surface area contributed by atoms with Crippen LogP contribution in [0.4, 0.5) is 11.4 Å². The van der Waals surface area contributed by atoms with Gasteiger partial charge in [-0.1, -0.05) is 23.8 Å². The van der Waals surface area contributed by atoms with Gasteiger partial charge in [0.05, 0.1) is 21.8 Å². The summed E-state index contributed by atoms with van der Waals surface area (Å²) < 4.78 is 5.63. The van der Waals surface area contributed by atoms with Gasteiger partial charge >= 0.3 is 0 Å². The second-order valence-electron chi connectivity index (χ2n) is 14.3. The Morgan fingerprint density at radius 1 is 0.980 bits per heavy atom. The molecule has 5 aliphatic rings. The number of carbonyl (C=O) groups excluding carboxylic acids is 3. The van der Waals surface area contributed by atoms with Gasteiger partial charge in [-0.05, 0) is 128 Å².